The third-order valence-corrected chi connectivity index (χ3v) is 8.28. The molecular weight excluding hydrogens is 516 g/mol. The van der Waals surface area contributed by atoms with Gasteiger partial charge in [-0.1, -0.05) is 12.1 Å². The van der Waals surface area contributed by atoms with Crippen LogP contribution in [0.1, 0.15) is 39.7 Å². The lowest BCUT2D eigenvalue weighted by molar-refractivity contribution is -0.135. The molecule has 0 radical (unpaired) electrons. The van der Waals surface area contributed by atoms with Gasteiger partial charge in [0.05, 0.1) is 26.4 Å². The molecule has 2 aliphatic rings. The molecule has 0 bridgehead atoms. The standard InChI is InChI=1S/C30H34N2O6S/c1-35-22-11-9-21(10-12-22)30(34)31(18-23-6-5-16-37-23)19-29(33)32-15-13-28-24(14-17-39-28)25(32)20-38-27-8-4-3-7-26(27)36-2/h3-4,7-12,14,17,23,25H,5-6,13,15-16,18-20H2,1-2H3. The number of methoxy groups -OCH3 is 2. The van der Waals surface area contributed by atoms with Crippen molar-refractivity contribution in [2.45, 2.75) is 31.4 Å². The molecule has 5 rings (SSSR count). The minimum absolute atomic E-state index is 0.0324. The number of fused-ring (bicyclic) bond motifs is 1. The van der Waals surface area contributed by atoms with E-state index in [1.54, 1.807) is 54.7 Å². The lowest BCUT2D eigenvalue weighted by Crippen LogP contribution is -2.49. The smallest absolute Gasteiger partial charge is 0.254 e. The van der Waals surface area contributed by atoms with Crippen LogP contribution in [0, 0.1) is 0 Å². The van der Waals surface area contributed by atoms with E-state index in [2.05, 4.69) is 11.4 Å². The topological polar surface area (TPSA) is 77.5 Å². The fraction of sp³-hybridized carbons (Fsp3) is 0.400. The molecule has 0 aliphatic carbocycles. The number of thiophene rings is 1. The van der Waals surface area contributed by atoms with Gasteiger partial charge in [-0.15, -0.1) is 11.3 Å². The Morgan fingerprint density at radius 1 is 1.05 bits per heavy atom. The Hall–Kier alpha value is -3.56. The molecule has 2 unspecified atom stereocenters. The molecule has 2 atom stereocenters. The van der Waals surface area contributed by atoms with Crippen molar-refractivity contribution < 1.29 is 28.5 Å². The number of para-hydroxylation sites is 2. The average molecular weight is 551 g/mol. The van der Waals surface area contributed by atoms with E-state index < -0.39 is 0 Å². The summed E-state index contributed by atoms with van der Waals surface area (Å²) in [5.74, 6) is 1.64. The minimum Gasteiger partial charge on any atom is -0.497 e. The third kappa shape index (κ3) is 6.20. The first-order valence-electron chi connectivity index (χ1n) is 13.2. The van der Waals surface area contributed by atoms with Crippen LogP contribution in [0.15, 0.2) is 60.0 Å². The zero-order chi connectivity index (χ0) is 27.2. The predicted molar refractivity (Wildman–Crippen MR) is 149 cm³/mol. The lowest BCUT2D eigenvalue weighted by atomic mass is 10.00. The van der Waals surface area contributed by atoms with Gasteiger partial charge in [-0.05, 0) is 72.7 Å². The molecule has 3 heterocycles. The normalized spacial score (nSPS) is 18.4. The number of hydrogen-bond acceptors (Lipinski definition) is 7. The fourth-order valence-corrected chi connectivity index (χ4v) is 6.13. The Morgan fingerprint density at radius 3 is 2.56 bits per heavy atom. The summed E-state index contributed by atoms with van der Waals surface area (Å²) in [7, 11) is 3.20. The van der Waals surface area contributed by atoms with Crippen LogP contribution >= 0.6 is 11.3 Å². The first-order chi connectivity index (χ1) is 19.1. The van der Waals surface area contributed by atoms with Gasteiger partial charge in [0.25, 0.3) is 5.91 Å². The number of rotatable bonds is 10. The van der Waals surface area contributed by atoms with Crippen molar-refractivity contribution in [1.82, 2.24) is 9.80 Å². The van der Waals surface area contributed by atoms with Gasteiger partial charge in [0.2, 0.25) is 5.91 Å². The largest absolute Gasteiger partial charge is 0.497 e. The molecule has 1 fully saturated rings. The van der Waals surface area contributed by atoms with E-state index >= 15 is 0 Å². The van der Waals surface area contributed by atoms with Crippen LogP contribution in [0.5, 0.6) is 17.2 Å². The Morgan fingerprint density at radius 2 is 1.85 bits per heavy atom. The van der Waals surface area contributed by atoms with E-state index in [1.165, 1.54) is 4.88 Å². The first-order valence-corrected chi connectivity index (χ1v) is 14.1. The van der Waals surface area contributed by atoms with Crippen molar-refractivity contribution >= 4 is 23.2 Å². The SMILES string of the molecule is COc1ccc(C(=O)N(CC(=O)N2CCc3sccc3C2COc2ccccc2OC)CC2CCCO2)cc1. The van der Waals surface area contributed by atoms with Crippen LogP contribution in [0.2, 0.25) is 0 Å². The highest BCUT2D eigenvalue weighted by atomic mass is 32.1. The number of amides is 2. The van der Waals surface area contributed by atoms with Crippen LogP contribution in [0.3, 0.4) is 0 Å². The molecule has 1 aromatic heterocycles. The Kier molecular flexibility index (Phi) is 8.68. The summed E-state index contributed by atoms with van der Waals surface area (Å²) in [6.07, 6.45) is 2.54. The highest BCUT2D eigenvalue weighted by molar-refractivity contribution is 7.10. The number of benzene rings is 2. The average Bonchev–Trinajstić information content (AvgIpc) is 3.67. The fourth-order valence-electron chi connectivity index (χ4n) is 5.21. The molecule has 2 aliphatic heterocycles. The van der Waals surface area contributed by atoms with Gasteiger partial charge in [0.1, 0.15) is 18.9 Å². The van der Waals surface area contributed by atoms with E-state index in [0.717, 1.165) is 24.8 Å². The Labute approximate surface area is 233 Å². The maximum Gasteiger partial charge on any atom is 0.254 e. The number of ether oxygens (including phenoxy) is 4. The highest BCUT2D eigenvalue weighted by Crippen LogP contribution is 2.35. The van der Waals surface area contributed by atoms with Crippen LogP contribution in [-0.4, -0.2) is 74.8 Å². The highest BCUT2D eigenvalue weighted by Gasteiger charge is 2.34. The molecule has 1 saturated heterocycles. The zero-order valence-electron chi connectivity index (χ0n) is 22.3. The van der Waals surface area contributed by atoms with Crippen LogP contribution in [0.4, 0.5) is 0 Å². The summed E-state index contributed by atoms with van der Waals surface area (Å²) in [5, 5.41) is 2.06. The van der Waals surface area contributed by atoms with E-state index in [9.17, 15) is 9.59 Å². The second-order valence-corrected chi connectivity index (χ2v) is 10.7. The molecule has 3 aromatic rings. The van der Waals surface area contributed by atoms with Crippen LogP contribution in [-0.2, 0) is 16.0 Å². The maximum absolute atomic E-state index is 13.9. The first kappa shape index (κ1) is 27.0. The second-order valence-electron chi connectivity index (χ2n) is 9.66. The molecule has 0 N–H and O–H groups in total. The van der Waals surface area contributed by atoms with E-state index in [1.807, 2.05) is 29.2 Å². The molecule has 0 spiro atoms. The Balaban J connectivity index is 1.35. The van der Waals surface area contributed by atoms with E-state index in [-0.39, 0.29) is 37.1 Å². The van der Waals surface area contributed by atoms with Crippen LogP contribution in [0.25, 0.3) is 0 Å². The monoisotopic (exact) mass is 550 g/mol. The summed E-state index contributed by atoms with van der Waals surface area (Å²) >= 11 is 1.70. The van der Waals surface area contributed by atoms with Crippen molar-refractivity contribution in [1.29, 1.82) is 0 Å². The zero-order valence-corrected chi connectivity index (χ0v) is 23.2. The van der Waals surface area contributed by atoms with Gasteiger partial charge in [0, 0.05) is 30.1 Å². The van der Waals surface area contributed by atoms with E-state index in [0.29, 0.717) is 42.5 Å². The third-order valence-electron chi connectivity index (χ3n) is 7.28. The summed E-state index contributed by atoms with van der Waals surface area (Å²) in [4.78, 5) is 32.2. The lowest BCUT2D eigenvalue weighted by Gasteiger charge is -2.37. The van der Waals surface area contributed by atoms with E-state index in [4.69, 9.17) is 18.9 Å². The molecule has 206 valence electrons. The van der Waals surface area contributed by atoms with Crippen molar-refractivity contribution in [3.63, 3.8) is 0 Å². The van der Waals surface area contributed by atoms with Gasteiger partial charge in [0.15, 0.2) is 11.5 Å². The molecule has 8 nitrogen and oxygen atoms in total. The van der Waals surface area contributed by atoms with Gasteiger partial charge >= 0.3 is 0 Å². The maximum atomic E-state index is 13.9. The predicted octanol–water partition coefficient (Wildman–Crippen LogP) is 4.59. The van der Waals surface area contributed by atoms with Gasteiger partial charge in [-0.25, -0.2) is 0 Å². The minimum atomic E-state index is -0.266. The van der Waals surface area contributed by atoms with Crippen molar-refractivity contribution in [2.75, 3.05) is 47.1 Å². The van der Waals surface area contributed by atoms with Crippen molar-refractivity contribution in [3.8, 4) is 17.2 Å². The number of carbonyl (C=O) groups is 2. The molecule has 2 amide bonds. The molecule has 2 aromatic carbocycles. The summed E-state index contributed by atoms with van der Waals surface area (Å²) < 4.78 is 22.7. The number of hydrogen-bond donors (Lipinski definition) is 0. The molecular formula is C30H34N2O6S. The van der Waals surface area contributed by atoms with Crippen molar-refractivity contribution in [2.24, 2.45) is 0 Å². The molecule has 9 heteroatoms. The number of carbonyl (C=O) groups excluding carboxylic acids is 2. The molecule has 0 saturated carbocycles. The van der Waals surface area contributed by atoms with Gasteiger partial charge in [-0.2, -0.15) is 0 Å². The summed E-state index contributed by atoms with van der Waals surface area (Å²) in [6, 6.07) is 16.3. The van der Waals surface area contributed by atoms with Crippen molar-refractivity contribution in [3.05, 3.63) is 76.0 Å². The van der Waals surface area contributed by atoms with Gasteiger partial charge in [-0.3, -0.25) is 9.59 Å². The summed E-state index contributed by atoms with van der Waals surface area (Å²) in [5.41, 5.74) is 1.61. The molecule has 39 heavy (non-hydrogen) atoms. The second kappa shape index (κ2) is 12.5. The number of nitrogens with zero attached hydrogens (tertiary/aromatic N) is 2. The summed E-state index contributed by atoms with van der Waals surface area (Å²) in [6.45, 7) is 1.87. The van der Waals surface area contributed by atoms with Gasteiger partial charge < -0.3 is 28.7 Å². The quantitative estimate of drug-likeness (QED) is 0.368. The Bertz CT molecular complexity index is 1270. The van der Waals surface area contributed by atoms with Crippen LogP contribution < -0.4 is 14.2 Å².